The van der Waals surface area contributed by atoms with Crippen molar-refractivity contribution in [3.05, 3.63) is 28.7 Å². The van der Waals surface area contributed by atoms with E-state index in [1.54, 1.807) is 26.0 Å². The normalized spacial score (nSPS) is 23.0. The van der Waals surface area contributed by atoms with Gasteiger partial charge in [0, 0.05) is 15.8 Å². The molecule has 2 rings (SSSR count). The lowest BCUT2D eigenvalue weighted by Crippen LogP contribution is -2.54. The Hall–Kier alpha value is -0.570. The Labute approximate surface area is 143 Å². The highest BCUT2D eigenvalue weighted by Crippen LogP contribution is 2.37. The fourth-order valence-electron chi connectivity index (χ4n) is 2.53. The molecule has 0 bridgehead atoms. The van der Waals surface area contributed by atoms with Crippen molar-refractivity contribution >= 4 is 43.7 Å². The maximum atomic E-state index is 12.9. The van der Waals surface area contributed by atoms with E-state index in [0.717, 1.165) is 14.5 Å². The SMILES string of the molecule is CC1(C)SCCCN(S(=O)(=O)c2ccc(Br)cc2)[C@H]1C(=O)O. The molecule has 1 saturated heterocycles. The van der Waals surface area contributed by atoms with E-state index in [1.165, 1.54) is 23.9 Å². The molecule has 8 heteroatoms. The third-order valence-electron chi connectivity index (χ3n) is 3.60. The zero-order valence-corrected chi connectivity index (χ0v) is 15.5. The molecular formula is C14H18BrNO4S2. The summed E-state index contributed by atoms with van der Waals surface area (Å²) in [6.07, 6.45) is 0.633. The summed E-state index contributed by atoms with van der Waals surface area (Å²) >= 11 is 4.77. The van der Waals surface area contributed by atoms with Crippen LogP contribution in [0, 0.1) is 0 Å². The summed E-state index contributed by atoms with van der Waals surface area (Å²) in [6, 6.07) is 5.17. The van der Waals surface area contributed by atoms with Gasteiger partial charge in [-0.15, -0.1) is 0 Å². The maximum absolute atomic E-state index is 12.9. The molecule has 0 amide bonds. The highest BCUT2D eigenvalue weighted by molar-refractivity contribution is 9.10. The number of thioether (sulfide) groups is 1. The highest BCUT2D eigenvalue weighted by atomic mass is 79.9. The average Bonchev–Trinajstić information content (AvgIpc) is 2.57. The number of carboxylic acids is 1. The van der Waals surface area contributed by atoms with Crippen LogP contribution in [0.15, 0.2) is 33.6 Å². The molecule has 1 aromatic carbocycles. The number of benzene rings is 1. The maximum Gasteiger partial charge on any atom is 0.323 e. The Bertz CT molecular complexity index is 658. The molecule has 0 unspecified atom stereocenters. The summed E-state index contributed by atoms with van der Waals surface area (Å²) in [6.45, 7) is 3.78. The monoisotopic (exact) mass is 407 g/mol. The van der Waals surface area contributed by atoms with Gasteiger partial charge in [-0.3, -0.25) is 4.79 Å². The van der Waals surface area contributed by atoms with E-state index < -0.39 is 26.8 Å². The minimum Gasteiger partial charge on any atom is -0.480 e. The predicted octanol–water partition coefficient (Wildman–Crippen LogP) is 2.81. The van der Waals surface area contributed by atoms with Gasteiger partial charge in [-0.05, 0) is 50.3 Å². The lowest BCUT2D eigenvalue weighted by molar-refractivity contribution is -0.142. The quantitative estimate of drug-likeness (QED) is 0.833. The predicted molar refractivity (Wildman–Crippen MR) is 90.6 cm³/mol. The fourth-order valence-corrected chi connectivity index (χ4v) is 5.80. The van der Waals surface area contributed by atoms with Crippen molar-refractivity contribution in [2.24, 2.45) is 0 Å². The Morgan fingerprint density at radius 1 is 1.36 bits per heavy atom. The van der Waals surface area contributed by atoms with Crippen molar-refractivity contribution in [2.45, 2.75) is 36.0 Å². The van der Waals surface area contributed by atoms with E-state index in [9.17, 15) is 18.3 Å². The average molecular weight is 408 g/mol. The van der Waals surface area contributed by atoms with Crippen molar-refractivity contribution in [1.29, 1.82) is 0 Å². The number of sulfonamides is 1. The van der Waals surface area contributed by atoms with Gasteiger partial charge in [-0.1, -0.05) is 15.9 Å². The van der Waals surface area contributed by atoms with Crippen LogP contribution in [0.2, 0.25) is 0 Å². The zero-order chi connectivity index (χ0) is 16.5. The first-order valence-corrected chi connectivity index (χ1v) is 10.0. The van der Waals surface area contributed by atoms with Gasteiger partial charge in [-0.2, -0.15) is 16.1 Å². The van der Waals surface area contributed by atoms with Crippen LogP contribution < -0.4 is 0 Å². The Kier molecular flexibility index (Phi) is 5.26. The molecule has 1 N–H and O–H groups in total. The standard InChI is InChI=1S/C14H18BrNO4S2/c1-14(2)12(13(17)18)16(8-3-9-21-14)22(19,20)11-6-4-10(15)5-7-11/h4-7,12H,3,8-9H2,1-2H3,(H,17,18)/t12-/m0/s1. The number of halogens is 1. The van der Waals surface area contributed by atoms with E-state index in [1.807, 2.05) is 0 Å². The summed E-state index contributed by atoms with van der Waals surface area (Å²) in [5, 5.41) is 9.60. The smallest absolute Gasteiger partial charge is 0.323 e. The largest absolute Gasteiger partial charge is 0.480 e. The van der Waals surface area contributed by atoms with Gasteiger partial charge in [0.2, 0.25) is 10.0 Å². The minimum atomic E-state index is -3.85. The first kappa shape index (κ1) is 17.8. The lowest BCUT2D eigenvalue weighted by atomic mass is 10.0. The minimum absolute atomic E-state index is 0.115. The Balaban J connectivity index is 2.50. The van der Waals surface area contributed by atoms with E-state index in [4.69, 9.17) is 0 Å². The second kappa shape index (κ2) is 6.51. The molecule has 1 aliphatic heterocycles. The number of carbonyl (C=O) groups is 1. The van der Waals surface area contributed by atoms with Crippen LogP contribution in [0.4, 0.5) is 0 Å². The first-order chi connectivity index (χ1) is 10.2. The number of hydrogen-bond acceptors (Lipinski definition) is 4. The van der Waals surface area contributed by atoms with Crippen LogP contribution in [0.25, 0.3) is 0 Å². The molecule has 1 fully saturated rings. The summed E-state index contributed by atoms with van der Waals surface area (Å²) in [7, 11) is -3.85. The van der Waals surface area contributed by atoms with Crippen LogP contribution in [-0.2, 0) is 14.8 Å². The summed E-state index contributed by atoms with van der Waals surface area (Å²) in [5.74, 6) is -0.372. The second-order valence-corrected chi connectivity index (χ2v) is 10.2. The molecule has 0 spiro atoms. The highest BCUT2D eigenvalue weighted by Gasteiger charge is 2.46. The molecule has 122 valence electrons. The van der Waals surface area contributed by atoms with E-state index in [-0.39, 0.29) is 11.4 Å². The van der Waals surface area contributed by atoms with Crippen LogP contribution in [0.5, 0.6) is 0 Å². The second-order valence-electron chi connectivity index (χ2n) is 5.62. The van der Waals surface area contributed by atoms with Gasteiger partial charge in [0.25, 0.3) is 0 Å². The third-order valence-corrected chi connectivity index (χ3v) is 7.47. The van der Waals surface area contributed by atoms with Crippen LogP contribution in [0.3, 0.4) is 0 Å². The number of aliphatic carboxylic acids is 1. The van der Waals surface area contributed by atoms with Crippen molar-refractivity contribution in [3.63, 3.8) is 0 Å². The van der Waals surface area contributed by atoms with Gasteiger partial charge in [-0.25, -0.2) is 8.42 Å². The van der Waals surface area contributed by atoms with Crippen molar-refractivity contribution in [2.75, 3.05) is 12.3 Å². The summed E-state index contributed by atoms with van der Waals surface area (Å²) < 4.78 is 27.0. The topological polar surface area (TPSA) is 74.7 Å². The molecule has 0 radical (unpaired) electrons. The molecular weight excluding hydrogens is 390 g/mol. The Morgan fingerprint density at radius 2 is 1.95 bits per heavy atom. The Morgan fingerprint density at radius 3 is 2.50 bits per heavy atom. The molecule has 1 heterocycles. The zero-order valence-electron chi connectivity index (χ0n) is 12.3. The van der Waals surface area contributed by atoms with Crippen LogP contribution in [-0.4, -0.2) is 46.9 Å². The van der Waals surface area contributed by atoms with E-state index >= 15 is 0 Å². The summed E-state index contributed by atoms with van der Waals surface area (Å²) in [5.41, 5.74) is 0. The molecule has 1 aliphatic rings. The molecule has 0 aromatic heterocycles. The molecule has 1 atom stereocenters. The van der Waals surface area contributed by atoms with Crippen molar-refractivity contribution < 1.29 is 18.3 Å². The molecule has 22 heavy (non-hydrogen) atoms. The van der Waals surface area contributed by atoms with Crippen molar-refractivity contribution in [1.82, 2.24) is 4.31 Å². The number of rotatable bonds is 3. The number of carboxylic acid groups (broad SMARTS) is 1. The van der Waals surface area contributed by atoms with Gasteiger partial charge < -0.3 is 5.11 Å². The van der Waals surface area contributed by atoms with Gasteiger partial charge in [0.15, 0.2) is 0 Å². The molecule has 0 saturated carbocycles. The summed E-state index contributed by atoms with van der Waals surface area (Å²) in [4.78, 5) is 11.9. The third kappa shape index (κ3) is 3.50. The fraction of sp³-hybridized carbons (Fsp3) is 0.500. The first-order valence-electron chi connectivity index (χ1n) is 6.80. The van der Waals surface area contributed by atoms with Crippen LogP contribution >= 0.6 is 27.7 Å². The number of hydrogen-bond donors (Lipinski definition) is 1. The van der Waals surface area contributed by atoms with E-state index in [0.29, 0.717) is 6.42 Å². The van der Waals surface area contributed by atoms with E-state index in [2.05, 4.69) is 15.9 Å². The van der Waals surface area contributed by atoms with Crippen molar-refractivity contribution in [3.8, 4) is 0 Å². The number of nitrogens with zero attached hydrogens (tertiary/aromatic N) is 1. The molecule has 0 aliphatic carbocycles. The van der Waals surface area contributed by atoms with Gasteiger partial charge in [0.05, 0.1) is 4.90 Å². The lowest BCUT2D eigenvalue weighted by Gasteiger charge is -2.35. The van der Waals surface area contributed by atoms with Gasteiger partial charge >= 0.3 is 5.97 Å². The van der Waals surface area contributed by atoms with Gasteiger partial charge in [0.1, 0.15) is 6.04 Å². The molecule has 5 nitrogen and oxygen atoms in total. The van der Waals surface area contributed by atoms with Crippen LogP contribution in [0.1, 0.15) is 20.3 Å². The molecule has 1 aromatic rings.